The van der Waals surface area contributed by atoms with E-state index in [9.17, 15) is 18.0 Å². The molecule has 0 unspecified atom stereocenters. The van der Waals surface area contributed by atoms with E-state index >= 15 is 0 Å². The van der Waals surface area contributed by atoms with Gasteiger partial charge in [-0.3, -0.25) is 14.4 Å². The number of hydrogen-bond donors (Lipinski definition) is 1. The van der Waals surface area contributed by atoms with Crippen LogP contribution in [0.4, 0.5) is 13.2 Å². The van der Waals surface area contributed by atoms with Crippen molar-refractivity contribution in [3.63, 3.8) is 0 Å². The van der Waals surface area contributed by atoms with Crippen LogP contribution in [0.1, 0.15) is 28.8 Å². The maximum atomic E-state index is 12.7. The number of aliphatic carboxylic acids is 1. The number of aryl methyl sites for hydroxylation is 1. The summed E-state index contributed by atoms with van der Waals surface area (Å²) in [6.07, 6.45) is 0.547. The number of nitrogens with zero attached hydrogens (tertiary/aromatic N) is 4. The molecule has 0 saturated carbocycles. The Bertz CT molecular complexity index is 885. The number of aromatic nitrogens is 2. The van der Waals surface area contributed by atoms with Crippen molar-refractivity contribution in [3.05, 3.63) is 53.9 Å². The molecule has 2 fully saturated rings. The monoisotopic (exact) mass is 424 g/mol. The lowest BCUT2D eigenvalue weighted by molar-refractivity contribution is -0.192. The molecule has 0 radical (unpaired) electrons. The Kier molecular flexibility index (Phi) is 6.45. The van der Waals surface area contributed by atoms with Crippen LogP contribution in [0.2, 0.25) is 0 Å². The summed E-state index contributed by atoms with van der Waals surface area (Å²) in [5, 5.41) is 11.2. The topological polar surface area (TPSA) is 78.7 Å². The highest BCUT2D eigenvalue weighted by atomic mass is 19.4. The first kappa shape index (κ1) is 21.8. The van der Waals surface area contributed by atoms with E-state index in [1.165, 1.54) is 5.56 Å². The second-order valence-corrected chi connectivity index (χ2v) is 7.37. The summed E-state index contributed by atoms with van der Waals surface area (Å²) in [5.74, 6) is -2.63. The van der Waals surface area contributed by atoms with Crippen LogP contribution < -0.4 is 0 Å². The Hall–Kier alpha value is -2.88. The Morgan fingerprint density at radius 2 is 1.77 bits per heavy atom. The van der Waals surface area contributed by atoms with Crippen LogP contribution in [0.5, 0.6) is 0 Å². The standard InChI is InChI=1S/C18H22N4O.C2HF3O2/c1-20-13-15(11-19-20)18(23)22-10-8-16-17(22)7-9-21(16)12-14-5-3-2-4-6-14;3-2(4,5)1(6)7/h2-6,11,13,16-17H,7-10,12H2,1H3;(H,6,7)/t16-,17+;/m1./s1. The molecule has 2 aliphatic heterocycles. The minimum absolute atomic E-state index is 0.132. The van der Waals surface area contributed by atoms with Gasteiger partial charge in [0.15, 0.2) is 0 Å². The molecular formula is C20H23F3N4O3. The second kappa shape index (κ2) is 8.86. The summed E-state index contributed by atoms with van der Waals surface area (Å²) < 4.78 is 33.4. The van der Waals surface area contributed by atoms with Crippen LogP contribution in [0.25, 0.3) is 0 Å². The van der Waals surface area contributed by atoms with E-state index in [2.05, 4.69) is 45.2 Å². The lowest BCUT2D eigenvalue weighted by atomic mass is 10.1. The molecule has 2 atom stereocenters. The molecule has 30 heavy (non-hydrogen) atoms. The number of carbonyl (C=O) groups excluding carboxylic acids is 1. The van der Waals surface area contributed by atoms with Crippen LogP contribution in [0, 0.1) is 0 Å². The number of carboxylic acid groups (broad SMARTS) is 1. The number of hydrogen-bond acceptors (Lipinski definition) is 4. The maximum absolute atomic E-state index is 12.7. The quantitative estimate of drug-likeness (QED) is 0.819. The summed E-state index contributed by atoms with van der Waals surface area (Å²) in [6, 6.07) is 11.5. The van der Waals surface area contributed by atoms with E-state index in [-0.39, 0.29) is 5.91 Å². The molecule has 10 heteroatoms. The molecule has 7 nitrogen and oxygen atoms in total. The summed E-state index contributed by atoms with van der Waals surface area (Å²) >= 11 is 0. The van der Waals surface area contributed by atoms with E-state index in [1.807, 2.05) is 13.2 Å². The zero-order chi connectivity index (χ0) is 21.9. The normalized spacial score (nSPS) is 21.1. The highest BCUT2D eigenvalue weighted by Crippen LogP contribution is 2.33. The molecule has 3 heterocycles. The van der Waals surface area contributed by atoms with Crippen molar-refractivity contribution in [1.82, 2.24) is 19.6 Å². The van der Waals surface area contributed by atoms with Crippen molar-refractivity contribution in [2.24, 2.45) is 7.05 Å². The molecule has 0 spiro atoms. The highest BCUT2D eigenvalue weighted by Gasteiger charge is 2.44. The summed E-state index contributed by atoms with van der Waals surface area (Å²) in [5.41, 5.74) is 2.06. The van der Waals surface area contributed by atoms with Gasteiger partial charge in [-0.05, 0) is 18.4 Å². The van der Waals surface area contributed by atoms with Gasteiger partial charge in [0.1, 0.15) is 0 Å². The maximum Gasteiger partial charge on any atom is 0.490 e. The predicted molar refractivity (Wildman–Crippen MR) is 102 cm³/mol. The van der Waals surface area contributed by atoms with Crippen molar-refractivity contribution in [2.75, 3.05) is 13.1 Å². The van der Waals surface area contributed by atoms with E-state index < -0.39 is 12.1 Å². The Labute approximate surface area is 171 Å². The number of alkyl halides is 3. The lowest BCUT2D eigenvalue weighted by Crippen LogP contribution is -2.39. The van der Waals surface area contributed by atoms with E-state index in [0.717, 1.165) is 32.5 Å². The smallest absolute Gasteiger partial charge is 0.475 e. The number of halogens is 3. The molecule has 1 amide bonds. The molecule has 0 aliphatic carbocycles. The van der Waals surface area contributed by atoms with Crippen LogP contribution in [0.15, 0.2) is 42.7 Å². The Morgan fingerprint density at radius 1 is 1.13 bits per heavy atom. The van der Waals surface area contributed by atoms with Gasteiger partial charge in [-0.15, -0.1) is 0 Å². The zero-order valence-corrected chi connectivity index (χ0v) is 16.4. The van der Waals surface area contributed by atoms with Gasteiger partial charge in [-0.1, -0.05) is 30.3 Å². The summed E-state index contributed by atoms with van der Waals surface area (Å²) in [4.78, 5) is 26.2. The van der Waals surface area contributed by atoms with E-state index in [1.54, 1.807) is 10.9 Å². The second-order valence-electron chi connectivity index (χ2n) is 7.37. The van der Waals surface area contributed by atoms with Gasteiger partial charge < -0.3 is 10.0 Å². The summed E-state index contributed by atoms with van der Waals surface area (Å²) in [7, 11) is 1.85. The van der Waals surface area contributed by atoms with E-state index in [0.29, 0.717) is 17.6 Å². The summed E-state index contributed by atoms with van der Waals surface area (Å²) in [6.45, 7) is 2.91. The minimum atomic E-state index is -5.08. The number of fused-ring (bicyclic) bond motifs is 1. The van der Waals surface area contributed by atoms with Crippen molar-refractivity contribution < 1.29 is 27.9 Å². The molecule has 1 aromatic heterocycles. The van der Waals surface area contributed by atoms with Crippen LogP contribution >= 0.6 is 0 Å². The van der Waals surface area contributed by atoms with Crippen LogP contribution in [0.3, 0.4) is 0 Å². The zero-order valence-electron chi connectivity index (χ0n) is 16.4. The first-order chi connectivity index (χ1) is 14.2. The molecule has 2 aromatic rings. The molecule has 2 saturated heterocycles. The third kappa shape index (κ3) is 4.99. The SMILES string of the molecule is Cn1cc(C(=O)N2CC[C@@H]3[C@@H]2CCN3Cc2ccccc2)cn1.O=C(O)C(F)(F)F. The largest absolute Gasteiger partial charge is 0.490 e. The number of rotatable bonds is 3. The minimum Gasteiger partial charge on any atom is -0.475 e. The van der Waals surface area contributed by atoms with Crippen LogP contribution in [-0.2, 0) is 18.4 Å². The fourth-order valence-corrected chi connectivity index (χ4v) is 4.04. The van der Waals surface area contributed by atoms with Gasteiger partial charge in [-0.2, -0.15) is 18.3 Å². The molecule has 4 rings (SSSR count). The Balaban J connectivity index is 0.000000318. The van der Waals surface area contributed by atoms with E-state index in [4.69, 9.17) is 9.90 Å². The van der Waals surface area contributed by atoms with Crippen molar-refractivity contribution >= 4 is 11.9 Å². The number of carboxylic acids is 1. The van der Waals surface area contributed by atoms with Crippen molar-refractivity contribution in [3.8, 4) is 0 Å². The fraction of sp³-hybridized carbons (Fsp3) is 0.450. The molecular weight excluding hydrogens is 401 g/mol. The van der Waals surface area contributed by atoms with Gasteiger partial charge in [0.25, 0.3) is 5.91 Å². The van der Waals surface area contributed by atoms with Crippen LogP contribution in [-0.4, -0.2) is 67.9 Å². The average molecular weight is 424 g/mol. The van der Waals surface area contributed by atoms with Gasteiger partial charge in [0.2, 0.25) is 0 Å². The highest BCUT2D eigenvalue weighted by molar-refractivity contribution is 5.94. The third-order valence-corrected chi connectivity index (χ3v) is 5.38. The molecule has 1 N–H and O–H groups in total. The van der Waals surface area contributed by atoms with Gasteiger partial charge in [0, 0.05) is 45.0 Å². The van der Waals surface area contributed by atoms with Gasteiger partial charge in [-0.25, -0.2) is 4.79 Å². The van der Waals surface area contributed by atoms with Gasteiger partial charge >= 0.3 is 12.1 Å². The van der Waals surface area contributed by atoms with Crippen molar-refractivity contribution in [1.29, 1.82) is 0 Å². The third-order valence-electron chi connectivity index (χ3n) is 5.38. The number of benzene rings is 1. The van der Waals surface area contributed by atoms with Gasteiger partial charge in [0.05, 0.1) is 11.8 Å². The lowest BCUT2D eigenvalue weighted by Gasteiger charge is -2.25. The van der Waals surface area contributed by atoms with Crippen molar-refractivity contribution in [2.45, 2.75) is 37.6 Å². The first-order valence-electron chi connectivity index (χ1n) is 9.54. The molecule has 162 valence electrons. The molecule has 2 aliphatic rings. The Morgan fingerprint density at radius 3 is 2.33 bits per heavy atom. The number of amides is 1. The number of likely N-dealkylation sites (tertiary alicyclic amines) is 2. The first-order valence-corrected chi connectivity index (χ1v) is 9.54. The molecule has 1 aromatic carbocycles. The number of carbonyl (C=O) groups is 2. The fourth-order valence-electron chi connectivity index (χ4n) is 4.04. The molecule has 0 bridgehead atoms. The average Bonchev–Trinajstić information content (AvgIpc) is 3.40. The predicted octanol–water partition coefficient (Wildman–Crippen LogP) is 2.54.